The highest BCUT2D eigenvalue weighted by molar-refractivity contribution is 6.35. The molecule has 82 valence electrons. The fourth-order valence-electron chi connectivity index (χ4n) is 1.04. The van der Waals surface area contributed by atoms with E-state index >= 15 is 0 Å². The highest BCUT2D eigenvalue weighted by atomic mass is 35.5. The van der Waals surface area contributed by atoms with Crippen molar-refractivity contribution in [2.24, 2.45) is 0 Å². The van der Waals surface area contributed by atoms with Crippen molar-refractivity contribution >= 4 is 34.9 Å². The second-order valence-electron chi connectivity index (χ2n) is 2.82. The van der Waals surface area contributed by atoms with Crippen LogP contribution in [0.4, 0.5) is 5.69 Å². The summed E-state index contributed by atoms with van der Waals surface area (Å²) in [6.07, 6.45) is 0. The van der Waals surface area contributed by atoms with Gasteiger partial charge >= 0.3 is 5.97 Å². The Hall–Kier alpha value is -0.930. The van der Waals surface area contributed by atoms with Gasteiger partial charge in [0, 0.05) is 15.7 Å². The van der Waals surface area contributed by atoms with Crippen LogP contribution < -0.4 is 5.32 Å². The first-order valence-corrected chi connectivity index (χ1v) is 5.23. The van der Waals surface area contributed by atoms with E-state index in [4.69, 9.17) is 27.9 Å². The van der Waals surface area contributed by atoms with Crippen LogP contribution >= 0.6 is 23.2 Å². The fraction of sp³-hybridized carbons (Fsp3) is 0.300. The van der Waals surface area contributed by atoms with Gasteiger partial charge in [-0.05, 0) is 25.1 Å². The lowest BCUT2D eigenvalue weighted by Gasteiger charge is -2.06. The van der Waals surface area contributed by atoms with Crippen molar-refractivity contribution in [1.29, 1.82) is 0 Å². The molecule has 0 fully saturated rings. The topological polar surface area (TPSA) is 38.3 Å². The molecular weight excluding hydrogens is 237 g/mol. The summed E-state index contributed by atoms with van der Waals surface area (Å²) >= 11 is 11.6. The van der Waals surface area contributed by atoms with Crippen molar-refractivity contribution in [3.8, 4) is 0 Å². The van der Waals surface area contributed by atoms with Crippen molar-refractivity contribution in [2.75, 3.05) is 18.5 Å². The average molecular weight is 248 g/mol. The number of esters is 1. The molecule has 0 saturated heterocycles. The van der Waals surface area contributed by atoms with Gasteiger partial charge in [0.25, 0.3) is 0 Å². The highest BCUT2D eigenvalue weighted by Crippen LogP contribution is 2.22. The van der Waals surface area contributed by atoms with Crippen LogP contribution in [0.15, 0.2) is 18.2 Å². The minimum Gasteiger partial charge on any atom is -0.465 e. The summed E-state index contributed by atoms with van der Waals surface area (Å²) in [6, 6.07) is 5.00. The first-order chi connectivity index (χ1) is 7.11. The van der Waals surface area contributed by atoms with Crippen molar-refractivity contribution in [3.05, 3.63) is 28.2 Å². The van der Waals surface area contributed by atoms with E-state index in [-0.39, 0.29) is 12.5 Å². The van der Waals surface area contributed by atoms with E-state index in [1.165, 1.54) is 0 Å². The SMILES string of the molecule is CCOC(=O)CNc1cc(Cl)cc(Cl)c1. The van der Waals surface area contributed by atoms with Crippen LogP contribution in [-0.2, 0) is 9.53 Å². The molecule has 0 atom stereocenters. The smallest absolute Gasteiger partial charge is 0.325 e. The van der Waals surface area contributed by atoms with Crippen LogP contribution in [-0.4, -0.2) is 19.1 Å². The number of halogens is 2. The summed E-state index contributed by atoms with van der Waals surface area (Å²) in [5, 5.41) is 3.91. The van der Waals surface area contributed by atoms with E-state index in [1.807, 2.05) is 0 Å². The molecule has 0 aromatic heterocycles. The zero-order valence-corrected chi connectivity index (χ0v) is 9.73. The second kappa shape index (κ2) is 5.83. The Balaban J connectivity index is 2.54. The Morgan fingerprint density at radius 2 is 1.93 bits per heavy atom. The van der Waals surface area contributed by atoms with Crippen molar-refractivity contribution in [2.45, 2.75) is 6.92 Å². The molecule has 0 unspecified atom stereocenters. The van der Waals surface area contributed by atoms with Gasteiger partial charge < -0.3 is 10.1 Å². The molecule has 15 heavy (non-hydrogen) atoms. The van der Waals surface area contributed by atoms with Gasteiger partial charge in [-0.2, -0.15) is 0 Å². The lowest BCUT2D eigenvalue weighted by atomic mass is 10.3. The molecule has 1 rings (SSSR count). The third-order valence-corrected chi connectivity index (χ3v) is 2.04. The van der Waals surface area contributed by atoms with E-state index in [9.17, 15) is 4.79 Å². The molecule has 3 nitrogen and oxygen atoms in total. The molecule has 0 amide bonds. The number of ether oxygens (including phenoxy) is 1. The van der Waals surface area contributed by atoms with Crippen LogP contribution in [0.2, 0.25) is 10.0 Å². The van der Waals surface area contributed by atoms with E-state index in [0.29, 0.717) is 22.3 Å². The maximum Gasteiger partial charge on any atom is 0.325 e. The standard InChI is InChI=1S/C10H11Cl2NO2/c1-2-15-10(14)6-13-9-4-7(11)3-8(12)5-9/h3-5,13H,2,6H2,1H3. The fourth-order valence-corrected chi connectivity index (χ4v) is 1.57. The molecule has 1 N–H and O–H groups in total. The van der Waals surface area contributed by atoms with Gasteiger partial charge in [0.05, 0.1) is 6.61 Å². The van der Waals surface area contributed by atoms with Gasteiger partial charge in [-0.3, -0.25) is 4.79 Å². The van der Waals surface area contributed by atoms with E-state index in [2.05, 4.69) is 5.32 Å². The summed E-state index contributed by atoms with van der Waals surface area (Å²) in [5.41, 5.74) is 0.695. The molecule has 0 saturated carbocycles. The summed E-state index contributed by atoms with van der Waals surface area (Å²) < 4.78 is 4.76. The van der Waals surface area contributed by atoms with Crippen molar-refractivity contribution < 1.29 is 9.53 Å². The van der Waals surface area contributed by atoms with Crippen molar-refractivity contribution in [3.63, 3.8) is 0 Å². The molecule has 0 spiro atoms. The summed E-state index contributed by atoms with van der Waals surface area (Å²) in [7, 11) is 0. The summed E-state index contributed by atoms with van der Waals surface area (Å²) in [4.78, 5) is 11.0. The van der Waals surface area contributed by atoms with Crippen LogP contribution in [0.25, 0.3) is 0 Å². The predicted molar refractivity (Wildman–Crippen MR) is 61.6 cm³/mol. The van der Waals surface area contributed by atoms with Gasteiger partial charge in [-0.25, -0.2) is 0 Å². The maximum atomic E-state index is 11.0. The molecule has 0 aliphatic heterocycles. The van der Waals surface area contributed by atoms with Gasteiger partial charge in [0.2, 0.25) is 0 Å². The molecule has 5 heteroatoms. The summed E-state index contributed by atoms with van der Waals surface area (Å²) in [5.74, 6) is -0.311. The third kappa shape index (κ3) is 4.40. The largest absolute Gasteiger partial charge is 0.465 e. The Kier molecular flexibility index (Phi) is 4.72. The molecule has 0 radical (unpaired) electrons. The van der Waals surface area contributed by atoms with E-state index < -0.39 is 0 Å². The first kappa shape index (κ1) is 12.1. The van der Waals surface area contributed by atoms with Crippen LogP contribution in [0, 0.1) is 0 Å². The second-order valence-corrected chi connectivity index (χ2v) is 3.69. The molecule has 0 aliphatic carbocycles. The van der Waals surface area contributed by atoms with Crippen LogP contribution in [0.1, 0.15) is 6.92 Å². The molecule has 0 heterocycles. The Bertz CT molecular complexity index is 335. The van der Waals surface area contributed by atoms with Gasteiger partial charge in [-0.1, -0.05) is 23.2 Å². The number of benzene rings is 1. The quantitative estimate of drug-likeness (QED) is 0.832. The van der Waals surface area contributed by atoms with Gasteiger partial charge in [0.1, 0.15) is 6.54 Å². The monoisotopic (exact) mass is 247 g/mol. The zero-order chi connectivity index (χ0) is 11.3. The highest BCUT2D eigenvalue weighted by Gasteiger charge is 2.02. The van der Waals surface area contributed by atoms with Crippen LogP contribution in [0.3, 0.4) is 0 Å². The maximum absolute atomic E-state index is 11.0. The Morgan fingerprint density at radius 1 is 1.33 bits per heavy atom. The Labute approximate surface area is 98.3 Å². The lowest BCUT2D eigenvalue weighted by molar-refractivity contribution is -0.140. The third-order valence-electron chi connectivity index (χ3n) is 1.60. The van der Waals surface area contributed by atoms with Crippen LogP contribution in [0.5, 0.6) is 0 Å². The van der Waals surface area contributed by atoms with Crippen molar-refractivity contribution in [1.82, 2.24) is 0 Å². The predicted octanol–water partition coefficient (Wildman–Crippen LogP) is 2.97. The molecule has 1 aromatic rings. The number of hydrogen-bond acceptors (Lipinski definition) is 3. The number of nitrogens with one attached hydrogen (secondary N) is 1. The summed E-state index contributed by atoms with van der Waals surface area (Å²) in [6.45, 7) is 2.23. The van der Waals surface area contributed by atoms with Gasteiger partial charge in [-0.15, -0.1) is 0 Å². The average Bonchev–Trinajstić information content (AvgIpc) is 2.14. The number of rotatable bonds is 4. The minimum absolute atomic E-state index is 0.102. The normalized spacial score (nSPS) is 9.80. The first-order valence-electron chi connectivity index (χ1n) is 4.47. The zero-order valence-electron chi connectivity index (χ0n) is 8.22. The van der Waals surface area contributed by atoms with E-state index in [0.717, 1.165) is 0 Å². The van der Waals surface area contributed by atoms with E-state index in [1.54, 1.807) is 25.1 Å². The van der Waals surface area contributed by atoms with Gasteiger partial charge in [0.15, 0.2) is 0 Å². The number of carbonyl (C=O) groups excluding carboxylic acids is 1. The number of anilines is 1. The minimum atomic E-state index is -0.311. The lowest BCUT2D eigenvalue weighted by Crippen LogP contribution is -2.16. The number of hydrogen-bond donors (Lipinski definition) is 1. The molecule has 1 aromatic carbocycles. The molecule has 0 aliphatic rings. The molecule has 0 bridgehead atoms. The number of carbonyl (C=O) groups is 1. The molecular formula is C10H11Cl2NO2. The Morgan fingerprint density at radius 3 is 2.47 bits per heavy atom.